The van der Waals surface area contributed by atoms with E-state index in [2.05, 4.69) is 5.32 Å². The molecule has 0 saturated carbocycles. The molecule has 2 N–H and O–H groups in total. The molecule has 0 aliphatic rings. The Morgan fingerprint density at radius 2 is 2.00 bits per heavy atom. The number of hydrogen-bond donors (Lipinski definition) is 2. The van der Waals surface area contributed by atoms with Gasteiger partial charge in [0.25, 0.3) is 5.91 Å². The maximum Gasteiger partial charge on any atom is 0.287 e. The highest BCUT2D eigenvalue weighted by atomic mass is 19.1. The van der Waals surface area contributed by atoms with Gasteiger partial charge in [0.1, 0.15) is 11.6 Å². The van der Waals surface area contributed by atoms with Gasteiger partial charge in [0, 0.05) is 18.5 Å². The van der Waals surface area contributed by atoms with E-state index < -0.39 is 5.82 Å². The first kappa shape index (κ1) is 16.2. The molecule has 0 bridgehead atoms. The molecule has 0 saturated heterocycles. The fraction of sp³-hybridized carbons (Fsp3) is 0.353. The standard InChI is InChI=1S/C17H20FNO3/c1-3-12-8-16(22-15(12)4-2)17(21)19-9-11-5-6-14(18)13(7-11)10-20/h5-8,20H,3-4,9-10H2,1-2H3,(H,19,21). The van der Waals surface area contributed by atoms with Crippen molar-refractivity contribution in [2.45, 2.75) is 39.8 Å². The topological polar surface area (TPSA) is 62.5 Å². The van der Waals surface area contributed by atoms with Crippen molar-refractivity contribution in [1.29, 1.82) is 0 Å². The maximum atomic E-state index is 13.3. The van der Waals surface area contributed by atoms with E-state index in [9.17, 15) is 9.18 Å². The minimum absolute atomic E-state index is 0.214. The van der Waals surface area contributed by atoms with Crippen molar-refractivity contribution in [2.24, 2.45) is 0 Å². The Labute approximate surface area is 129 Å². The summed E-state index contributed by atoms with van der Waals surface area (Å²) in [7, 11) is 0. The van der Waals surface area contributed by atoms with E-state index in [0.717, 1.165) is 29.7 Å². The van der Waals surface area contributed by atoms with Crippen LogP contribution in [0.15, 0.2) is 28.7 Å². The highest BCUT2D eigenvalue weighted by molar-refractivity contribution is 5.91. The van der Waals surface area contributed by atoms with Gasteiger partial charge in [-0.05, 0) is 35.7 Å². The smallest absolute Gasteiger partial charge is 0.287 e. The number of aliphatic hydroxyl groups is 1. The molecule has 1 amide bonds. The number of furan rings is 1. The molecule has 22 heavy (non-hydrogen) atoms. The van der Waals surface area contributed by atoms with Crippen LogP contribution in [-0.4, -0.2) is 11.0 Å². The Balaban J connectivity index is 2.05. The van der Waals surface area contributed by atoms with Gasteiger partial charge in [-0.25, -0.2) is 4.39 Å². The van der Waals surface area contributed by atoms with E-state index in [1.807, 2.05) is 13.8 Å². The number of nitrogens with one attached hydrogen (secondary N) is 1. The Morgan fingerprint density at radius 3 is 2.59 bits per heavy atom. The number of aliphatic hydroxyl groups excluding tert-OH is 1. The van der Waals surface area contributed by atoms with Gasteiger partial charge in [-0.2, -0.15) is 0 Å². The molecule has 0 aliphatic carbocycles. The van der Waals surface area contributed by atoms with Crippen LogP contribution in [0, 0.1) is 5.82 Å². The average Bonchev–Trinajstić information content (AvgIpc) is 2.97. The molecular formula is C17H20FNO3. The lowest BCUT2D eigenvalue weighted by Crippen LogP contribution is -2.22. The summed E-state index contributed by atoms with van der Waals surface area (Å²) in [6, 6.07) is 6.15. The Kier molecular flexibility index (Phi) is 5.33. The molecule has 2 rings (SSSR count). The Hall–Kier alpha value is -2.14. The summed E-state index contributed by atoms with van der Waals surface area (Å²) in [5, 5.41) is 11.8. The van der Waals surface area contributed by atoms with E-state index in [4.69, 9.17) is 9.52 Å². The van der Waals surface area contributed by atoms with E-state index in [-0.39, 0.29) is 30.4 Å². The molecule has 0 unspecified atom stereocenters. The van der Waals surface area contributed by atoms with Crippen LogP contribution in [0.2, 0.25) is 0 Å². The third-order valence-corrected chi connectivity index (χ3v) is 3.56. The third-order valence-electron chi connectivity index (χ3n) is 3.56. The summed E-state index contributed by atoms with van der Waals surface area (Å²) in [5.74, 6) is 0.364. The van der Waals surface area contributed by atoms with Crippen LogP contribution in [0.3, 0.4) is 0 Å². The van der Waals surface area contributed by atoms with Gasteiger partial charge in [-0.3, -0.25) is 4.79 Å². The van der Waals surface area contributed by atoms with E-state index in [1.54, 1.807) is 12.1 Å². The number of amides is 1. The van der Waals surface area contributed by atoms with Gasteiger partial charge in [0.05, 0.1) is 6.61 Å². The van der Waals surface area contributed by atoms with Gasteiger partial charge < -0.3 is 14.8 Å². The van der Waals surface area contributed by atoms with Crippen LogP contribution in [0.1, 0.15) is 46.9 Å². The summed E-state index contributed by atoms with van der Waals surface area (Å²) in [4.78, 5) is 12.1. The van der Waals surface area contributed by atoms with Crippen LogP contribution >= 0.6 is 0 Å². The van der Waals surface area contributed by atoms with Gasteiger partial charge in [0.2, 0.25) is 0 Å². The molecule has 1 aromatic heterocycles. The second kappa shape index (κ2) is 7.22. The zero-order valence-electron chi connectivity index (χ0n) is 12.8. The highest BCUT2D eigenvalue weighted by Crippen LogP contribution is 2.17. The van der Waals surface area contributed by atoms with Crippen molar-refractivity contribution in [2.75, 3.05) is 0 Å². The molecule has 118 valence electrons. The predicted octanol–water partition coefficient (Wildman–Crippen LogP) is 2.97. The number of hydrogen-bond acceptors (Lipinski definition) is 3. The third kappa shape index (κ3) is 3.54. The molecule has 0 fully saturated rings. The van der Waals surface area contributed by atoms with Gasteiger partial charge in [-0.15, -0.1) is 0 Å². The highest BCUT2D eigenvalue weighted by Gasteiger charge is 2.14. The predicted molar refractivity (Wildman–Crippen MR) is 81.0 cm³/mol. The minimum atomic E-state index is -0.455. The lowest BCUT2D eigenvalue weighted by molar-refractivity contribution is 0.0921. The van der Waals surface area contributed by atoms with Crippen molar-refractivity contribution < 1.29 is 18.7 Å². The summed E-state index contributed by atoms with van der Waals surface area (Å²) >= 11 is 0. The zero-order valence-corrected chi connectivity index (χ0v) is 12.8. The average molecular weight is 305 g/mol. The summed E-state index contributed by atoms with van der Waals surface area (Å²) in [5.41, 5.74) is 1.97. The molecule has 5 heteroatoms. The minimum Gasteiger partial charge on any atom is -0.456 e. The van der Waals surface area contributed by atoms with Crippen LogP contribution in [0.5, 0.6) is 0 Å². The van der Waals surface area contributed by atoms with E-state index in [0.29, 0.717) is 0 Å². The van der Waals surface area contributed by atoms with Crippen molar-refractivity contribution in [3.63, 3.8) is 0 Å². The number of benzene rings is 1. The van der Waals surface area contributed by atoms with Gasteiger partial charge in [-0.1, -0.05) is 19.9 Å². The van der Waals surface area contributed by atoms with Gasteiger partial charge >= 0.3 is 0 Å². The lowest BCUT2D eigenvalue weighted by atomic mass is 10.1. The second-order valence-corrected chi connectivity index (χ2v) is 5.03. The number of carbonyl (C=O) groups is 1. The van der Waals surface area contributed by atoms with Crippen LogP contribution in [0.4, 0.5) is 4.39 Å². The zero-order chi connectivity index (χ0) is 16.1. The van der Waals surface area contributed by atoms with Crippen molar-refractivity contribution in [3.8, 4) is 0 Å². The first-order chi connectivity index (χ1) is 10.6. The molecule has 0 atom stereocenters. The molecule has 2 aromatic rings. The summed E-state index contributed by atoms with van der Waals surface area (Å²) in [6.07, 6.45) is 1.56. The largest absolute Gasteiger partial charge is 0.456 e. The van der Waals surface area contributed by atoms with Crippen LogP contribution in [-0.2, 0) is 26.0 Å². The van der Waals surface area contributed by atoms with Crippen LogP contribution in [0.25, 0.3) is 0 Å². The van der Waals surface area contributed by atoms with Gasteiger partial charge in [0.15, 0.2) is 5.76 Å². The first-order valence-electron chi connectivity index (χ1n) is 7.36. The van der Waals surface area contributed by atoms with E-state index >= 15 is 0 Å². The van der Waals surface area contributed by atoms with Crippen molar-refractivity contribution >= 4 is 5.91 Å². The Bertz CT molecular complexity index is 642. The number of halogens is 1. The SMILES string of the molecule is CCc1cc(C(=O)NCc2ccc(F)c(CO)c2)oc1CC. The summed E-state index contributed by atoms with van der Waals surface area (Å²) < 4.78 is 18.9. The first-order valence-corrected chi connectivity index (χ1v) is 7.36. The van der Waals surface area contributed by atoms with Crippen molar-refractivity contribution in [1.82, 2.24) is 5.32 Å². The number of rotatable bonds is 6. The molecule has 1 heterocycles. The molecular weight excluding hydrogens is 285 g/mol. The molecule has 0 radical (unpaired) electrons. The normalized spacial score (nSPS) is 10.7. The molecule has 1 aromatic carbocycles. The van der Waals surface area contributed by atoms with E-state index in [1.165, 1.54) is 12.1 Å². The molecule has 0 aliphatic heterocycles. The summed E-state index contributed by atoms with van der Waals surface area (Å²) in [6.45, 7) is 3.87. The number of aryl methyl sites for hydroxylation is 2. The second-order valence-electron chi connectivity index (χ2n) is 5.03. The number of carbonyl (C=O) groups excluding carboxylic acids is 1. The fourth-order valence-corrected chi connectivity index (χ4v) is 2.31. The maximum absolute atomic E-state index is 13.3. The Morgan fingerprint density at radius 1 is 1.23 bits per heavy atom. The molecule has 4 nitrogen and oxygen atoms in total. The lowest BCUT2D eigenvalue weighted by Gasteiger charge is -2.06. The molecule has 0 spiro atoms. The fourth-order valence-electron chi connectivity index (χ4n) is 2.31. The quantitative estimate of drug-likeness (QED) is 0.862. The van der Waals surface area contributed by atoms with Crippen molar-refractivity contribution in [3.05, 3.63) is 58.3 Å². The van der Waals surface area contributed by atoms with Crippen LogP contribution < -0.4 is 5.32 Å². The monoisotopic (exact) mass is 305 g/mol.